The lowest BCUT2D eigenvalue weighted by molar-refractivity contribution is -0.126. The smallest absolute Gasteiger partial charge is 0.255 e. The first-order valence-corrected chi connectivity index (χ1v) is 12.2. The summed E-state index contributed by atoms with van der Waals surface area (Å²) in [5.41, 5.74) is 1.14. The Morgan fingerprint density at radius 1 is 0.906 bits per heavy atom. The molecule has 1 aliphatic rings. The zero-order valence-electron chi connectivity index (χ0n) is 16.9. The molecule has 1 amide bonds. The third kappa shape index (κ3) is 4.64. The highest BCUT2D eigenvalue weighted by Crippen LogP contribution is 2.27. The molecular weight excluding hydrogens is 454 g/mol. The van der Waals surface area contributed by atoms with E-state index in [4.69, 9.17) is 0 Å². The second-order valence-corrected chi connectivity index (χ2v) is 10.1. The van der Waals surface area contributed by atoms with Gasteiger partial charge in [0.25, 0.3) is 5.91 Å². The van der Waals surface area contributed by atoms with E-state index in [1.165, 1.54) is 46.0 Å². The van der Waals surface area contributed by atoms with Gasteiger partial charge in [0.2, 0.25) is 10.0 Å². The lowest BCUT2D eigenvalue weighted by atomic mass is 10.1. The van der Waals surface area contributed by atoms with Gasteiger partial charge in [0.15, 0.2) is 0 Å². The quantitative estimate of drug-likeness (QED) is 0.523. The molecule has 2 aromatic carbocycles. The number of hydrogen-bond donors (Lipinski definition) is 0. The number of piperazine rings is 1. The lowest BCUT2D eigenvalue weighted by Crippen LogP contribution is -2.50. The number of halogens is 2. The number of amides is 1. The number of carbonyl (C=O) groups excluding carboxylic acids is 1. The maximum absolute atomic E-state index is 14.0. The predicted molar refractivity (Wildman–Crippen MR) is 120 cm³/mol. The number of sulfonamides is 1. The van der Waals surface area contributed by atoms with Crippen molar-refractivity contribution >= 4 is 38.9 Å². The van der Waals surface area contributed by atoms with Gasteiger partial charge in [-0.25, -0.2) is 17.2 Å². The molecule has 3 aromatic rings. The Labute approximate surface area is 189 Å². The number of carbonyl (C=O) groups is 1. The summed E-state index contributed by atoms with van der Waals surface area (Å²) in [6.07, 6.45) is 1.70. The van der Waals surface area contributed by atoms with Crippen LogP contribution in [-0.2, 0) is 14.8 Å². The SMILES string of the molecule is O=C(/C(=C/c1ccc(F)cc1)c1cccs1)N1CCN(S(=O)(=O)c2ccccc2F)CC1. The Morgan fingerprint density at radius 3 is 2.22 bits per heavy atom. The van der Waals surface area contributed by atoms with Crippen LogP contribution in [0.5, 0.6) is 0 Å². The van der Waals surface area contributed by atoms with E-state index in [0.29, 0.717) is 11.1 Å². The molecule has 1 aromatic heterocycles. The minimum absolute atomic E-state index is 0.0661. The molecule has 166 valence electrons. The molecule has 1 fully saturated rings. The van der Waals surface area contributed by atoms with Crippen LogP contribution in [0.1, 0.15) is 10.4 Å². The van der Waals surface area contributed by atoms with Gasteiger partial charge in [-0.2, -0.15) is 4.31 Å². The van der Waals surface area contributed by atoms with Gasteiger partial charge in [0.1, 0.15) is 16.5 Å². The van der Waals surface area contributed by atoms with E-state index in [9.17, 15) is 22.0 Å². The maximum atomic E-state index is 14.0. The summed E-state index contributed by atoms with van der Waals surface area (Å²) in [5.74, 6) is -1.40. The second kappa shape index (κ2) is 9.32. The summed E-state index contributed by atoms with van der Waals surface area (Å²) in [5, 5.41) is 1.86. The van der Waals surface area contributed by atoms with Crippen LogP contribution < -0.4 is 0 Å². The van der Waals surface area contributed by atoms with Gasteiger partial charge in [-0.05, 0) is 47.4 Å². The molecule has 5 nitrogen and oxygen atoms in total. The van der Waals surface area contributed by atoms with E-state index in [2.05, 4.69) is 0 Å². The standard InChI is InChI=1S/C23H20F2N2O3S2/c24-18-9-7-17(8-10-18)16-19(21-5-3-15-31-21)23(28)26-11-13-27(14-12-26)32(29,30)22-6-2-1-4-20(22)25/h1-10,15-16H,11-14H2/b19-16+. The monoisotopic (exact) mass is 474 g/mol. The maximum Gasteiger partial charge on any atom is 0.255 e. The summed E-state index contributed by atoms with van der Waals surface area (Å²) in [4.78, 5) is 15.3. The lowest BCUT2D eigenvalue weighted by Gasteiger charge is -2.34. The first-order chi connectivity index (χ1) is 15.4. The molecule has 0 N–H and O–H groups in total. The Hall–Kier alpha value is -2.88. The van der Waals surface area contributed by atoms with Crippen LogP contribution in [0.4, 0.5) is 8.78 Å². The third-order valence-corrected chi connectivity index (χ3v) is 8.01. The van der Waals surface area contributed by atoms with Crippen molar-refractivity contribution in [3.8, 4) is 0 Å². The molecule has 4 rings (SSSR count). The zero-order valence-corrected chi connectivity index (χ0v) is 18.6. The highest BCUT2D eigenvalue weighted by atomic mass is 32.2. The van der Waals surface area contributed by atoms with Crippen LogP contribution in [0.25, 0.3) is 11.6 Å². The van der Waals surface area contributed by atoms with Crippen LogP contribution in [0.3, 0.4) is 0 Å². The third-order valence-electron chi connectivity index (χ3n) is 5.18. The normalized spacial score (nSPS) is 15.7. The van der Waals surface area contributed by atoms with Gasteiger partial charge in [-0.1, -0.05) is 30.3 Å². The van der Waals surface area contributed by atoms with Gasteiger partial charge in [0.05, 0.1) is 5.57 Å². The van der Waals surface area contributed by atoms with E-state index < -0.39 is 15.8 Å². The van der Waals surface area contributed by atoms with Gasteiger partial charge >= 0.3 is 0 Å². The Kier molecular flexibility index (Phi) is 6.50. The van der Waals surface area contributed by atoms with Crippen molar-refractivity contribution in [3.05, 3.63) is 88.1 Å². The van der Waals surface area contributed by atoms with Crippen LogP contribution in [0, 0.1) is 11.6 Å². The largest absolute Gasteiger partial charge is 0.336 e. The number of benzene rings is 2. The molecular formula is C23H20F2N2O3S2. The average Bonchev–Trinajstić information content (AvgIpc) is 3.33. The molecule has 0 radical (unpaired) electrons. The highest BCUT2D eigenvalue weighted by molar-refractivity contribution is 7.89. The highest BCUT2D eigenvalue weighted by Gasteiger charge is 2.32. The molecule has 0 bridgehead atoms. The van der Waals surface area contributed by atoms with Crippen molar-refractivity contribution in [1.82, 2.24) is 9.21 Å². The molecule has 0 unspecified atom stereocenters. The fourth-order valence-corrected chi connectivity index (χ4v) is 5.71. The van der Waals surface area contributed by atoms with Crippen molar-refractivity contribution in [2.24, 2.45) is 0 Å². The molecule has 32 heavy (non-hydrogen) atoms. The van der Waals surface area contributed by atoms with Gasteiger partial charge < -0.3 is 4.90 Å². The Balaban J connectivity index is 1.53. The fourth-order valence-electron chi connectivity index (χ4n) is 3.49. The summed E-state index contributed by atoms with van der Waals surface area (Å²) in [6, 6.07) is 14.8. The molecule has 0 spiro atoms. The molecule has 9 heteroatoms. The number of thiophene rings is 1. The van der Waals surface area contributed by atoms with E-state index in [1.807, 2.05) is 17.5 Å². The van der Waals surface area contributed by atoms with E-state index in [1.54, 1.807) is 23.1 Å². The molecule has 0 saturated carbocycles. The Morgan fingerprint density at radius 2 is 1.59 bits per heavy atom. The van der Waals surface area contributed by atoms with E-state index in [-0.39, 0.29) is 42.8 Å². The predicted octanol–water partition coefficient (Wildman–Crippen LogP) is 4.10. The van der Waals surface area contributed by atoms with Crippen LogP contribution in [-0.4, -0.2) is 49.7 Å². The molecule has 1 aliphatic heterocycles. The van der Waals surface area contributed by atoms with Crippen LogP contribution in [0.2, 0.25) is 0 Å². The number of rotatable bonds is 5. The van der Waals surface area contributed by atoms with Gasteiger partial charge in [-0.15, -0.1) is 11.3 Å². The molecule has 0 aliphatic carbocycles. The van der Waals surface area contributed by atoms with E-state index in [0.717, 1.165) is 10.9 Å². The minimum Gasteiger partial charge on any atom is -0.336 e. The zero-order chi connectivity index (χ0) is 22.7. The first kappa shape index (κ1) is 22.3. The fraction of sp³-hybridized carbons (Fsp3) is 0.174. The van der Waals surface area contributed by atoms with Crippen LogP contribution in [0.15, 0.2) is 70.9 Å². The second-order valence-electron chi connectivity index (χ2n) is 7.21. The van der Waals surface area contributed by atoms with E-state index >= 15 is 0 Å². The number of hydrogen-bond acceptors (Lipinski definition) is 4. The van der Waals surface area contributed by atoms with Crippen molar-refractivity contribution < 1.29 is 22.0 Å². The van der Waals surface area contributed by atoms with Crippen molar-refractivity contribution in [2.45, 2.75) is 4.90 Å². The molecule has 0 atom stereocenters. The topological polar surface area (TPSA) is 57.7 Å². The summed E-state index contributed by atoms with van der Waals surface area (Å²) in [6.45, 7) is 0.491. The van der Waals surface area contributed by atoms with Crippen LogP contribution >= 0.6 is 11.3 Å². The minimum atomic E-state index is -3.99. The summed E-state index contributed by atoms with van der Waals surface area (Å²) >= 11 is 1.41. The van der Waals surface area contributed by atoms with Crippen molar-refractivity contribution in [3.63, 3.8) is 0 Å². The Bertz CT molecular complexity index is 1230. The molecule has 2 heterocycles. The average molecular weight is 475 g/mol. The first-order valence-electron chi connectivity index (χ1n) is 9.91. The van der Waals surface area contributed by atoms with Gasteiger partial charge in [-0.3, -0.25) is 4.79 Å². The number of nitrogens with zero attached hydrogens (tertiary/aromatic N) is 2. The van der Waals surface area contributed by atoms with Crippen molar-refractivity contribution in [1.29, 1.82) is 0 Å². The van der Waals surface area contributed by atoms with Crippen molar-refractivity contribution in [2.75, 3.05) is 26.2 Å². The molecule has 1 saturated heterocycles. The summed E-state index contributed by atoms with van der Waals surface area (Å²) < 4.78 is 54.1. The summed E-state index contributed by atoms with van der Waals surface area (Å²) in [7, 11) is -3.99. The van der Waals surface area contributed by atoms with Gasteiger partial charge in [0, 0.05) is 31.1 Å².